The van der Waals surface area contributed by atoms with Crippen molar-refractivity contribution in [3.8, 4) is 11.3 Å². The van der Waals surface area contributed by atoms with Crippen LogP contribution in [0.5, 0.6) is 0 Å². The summed E-state index contributed by atoms with van der Waals surface area (Å²) in [6.45, 7) is 2.07. The molecule has 180 valence electrons. The number of rotatable bonds is 7. The monoisotopic (exact) mass is 513 g/mol. The molecule has 0 saturated heterocycles. The number of nitrogens with one attached hydrogen (secondary N) is 1. The number of amides is 1. The van der Waals surface area contributed by atoms with E-state index in [9.17, 15) is 13.2 Å². The van der Waals surface area contributed by atoms with Crippen molar-refractivity contribution in [2.75, 3.05) is 16.2 Å². The van der Waals surface area contributed by atoms with E-state index in [-0.39, 0.29) is 17.3 Å². The van der Waals surface area contributed by atoms with Crippen molar-refractivity contribution in [2.45, 2.75) is 11.8 Å². The zero-order chi connectivity index (χ0) is 25.1. The summed E-state index contributed by atoms with van der Waals surface area (Å²) < 4.78 is 27.7. The molecule has 8 heteroatoms. The van der Waals surface area contributed by atoms with Gasteiger partial charge in [-0.3, -0.25) is 14.4 Å². The third-order valence-corrected chi connectivity index (χ3v) is 8.50. The molecular weight excluding hydrogens is 490 g/mol. The van der Waals surface area contributed by atoms with Gasteiger partial charge in [-0.15, -0.1) is 11.3 Å². The fourth-order valence-corrected chi connectivity index (χ4v) is 6.24. The van der Waals surface area contributed by atoms with Crippen molar-refractivity contribution in [1.29, 1.82) is 0 Å². The molecule has 1 heterocycles. The van der Waals surface area contributed by atoms with E-state index in [4.69, 9.17) is 0 Å². The normalized spacial score (nSPS) is 11.4. The number of hydrogen-bond donors (Lipinski definition) is 1. The van der Waals surface area contributed by atoms with Crippen molar-refractivity contribution in [2.24, 2.45) is 0 Å². The van der Waals surface area contributed by atoms with Crippen molar-refractivity contribution < 1.29 is 13.2 Å². The maximum Gasteiger partial charge on any atom is 0.264 e. The molecule has 6 nitrogen and oxygen atoms in total. The van der Waals surface area contributed by atoms with Crippen molar-refractivity contribution in [3.63, 3.8) is 0 Å². The molecule has 4 aromatic carbocycles. The molecule has 0 fully saturated rings. The molecule has 0 bridgehead atoms. The van der Waals surface area contributed by atoms with E-state index < -0.39 is 10.0 Å². The Labute approximate surface area is 213 Å². The smallest absolute Gasteiger partial charge is 0.264 e. The lowest BCUT2D eigenvalue weighted by Crippen LogP contribution is -2.30. The van der Waals surface area contributed by atoms with Gasteiger partial charge in [-0.25, -0.2) is 13.4 Å². The van der Waals surface area contributed by atoms with Crippen LogP contribution in [0.4, 0.5) is 10.8 Å². The third kappa shape index (κ3) is 4.60. The molecule has 1 N–H and O–H groups in total. The Morgan fingerprint density at radius 2 is 1.58 bits per heavy atom. The van der Waals surface area contributed by atoms with E-state index in [2.05, 4.69) is 28.5 Å². The second-order valence-electron chi connectivity index (χ2n) is 8.05. The van der Waals surface area contributed by atoms with Crippen molar-refractivity contribution >= 4 is 48.9 Å². The summed E-state index contributed by atoms with van der Waals surface area (Å²) in [7, 11) is -3.76. The summed E-state index contributed by atoms with van der Waals surface area (Å²) in [5.41, 5.74) is 2.72. The van der Waals surface area contributed by atoms with Crippen LogP contribution in [-0.4, -0.2) is 25.9 Å². The molecule has 0 saturated carbocycles. The van der Waals surface area contributed by atoms with Crippen LogP contribution in [-0.2, 0) is 10.0 Å². The number of carbonyl (C=O) groups is 1. The molecule has 0 spiro atoms. The summed E-state index contributed by atoms with van der Waals surface area (Å²) >= 11 is 1.34. The minimum Gasteiger partial charge on any atom is -0.298 e. The van der Waals surface area contributed by atoms with Gasteiger partial charge in [0, 0.05) is 23.1 Å². The number of benzene rings is 4. The maximum atomic E-state index is 13.2. The zero-order valence-corrected chi connectivity index (χ0v) is 21.1. The summed E-state index contributed by atoms with van der Waals surface area (Å²) in [5.74, 6) is -0.354. The molecule has 1 amide bonds. The van der Waals surface area contributed by atoms with E-state index in [1.54, 1.807) is 31.2 Å². The van der Waals surface area contributed by atoms with Crippen LogP contribution in [0.25, 0.3) is 22.0 Å². The fraction of sp³-hybridized carbons (Fsp3) is 0.0714. The predicted octanol–water partition coefficient (Wildman–Crippen LogP) is 6.43. The van der Waals surface area contributed by atoms with Crippen LogP contribution in [0.3, 0.4) is 0 Å². The first-order valence-electron chi connectivity index (χ1n) is 11.4. The van der Waals surface area contributed by atoms with Gasteiger partial charge in [0.1, 0.15) is 0 Å². The van der Waals surface area contributed by atoms with Crippen molar-refractivity contribution in [1.82, 2.24) is 4.98 Å². The number of para-hydroxylation sites is 1. The number of sulfonamides is 1. The molecule has 0 radical (unpaired) electrons. The molecule has 0 aliphatic carbocycles. The largest absolute Gasteiger partial charge is 0.298 e. The van der Waals surface area contributed by atoms with Gasteiger partial charge in [0.2, 0.25) is 0 Å². The Balaban J connectivity index is 1.34. The summed E-state index contributed by atoms with van der Waals surface area (Å²) in [6, 6.07) is 29.0. The summed E-state index contributed by atoms with van der Waals surface area (Å²) in [5, 5.41) is 7.43. The van der Waals surface area contributed by atoms with Gasteiger partial charge in [-0.05, 0) is 54.1 Å². The number of anilines is 2. The highest BCUT2D eigenvalue weighted by atomic mass is 32.2. The van der Waals surface area contributed by atoms with E-state index in [0.29, 0.717) is 16.4 Å². The maximum absolute atomic E-state index is 13.2. The minimum atomic E-state index is -3.76. The summed E-state index contributed by atoms with van der Waals surface area (Å²) in [4.78, 5) is 17.6. The SMILES string of the molecule is CCN(c1ccccc1)S(=O)(=O)c1ccc(C(=O)Nc2nc(-c3cccc4ccccc34)cs2)cc1. The quantitative estimate of drug-likeness (QED) is 0.272. The van der Waals surface area contributed by atoms with Crippen LogP contribution in [0.1, 0.15) is 17.3 Å². The number of hydrogen-bond acceptors (Lipinski definition) is 5. The van der Waals surface area contributed by atoms with Crippen LogP contribution < -0.4 is 9.62 Å². The Morgan fingerprint density at radius 1 is 0.889 bits per heavy atom. The lowest BCUT2D eigenvalue weighted by atomic mass is 10.0. The second-order valence-corrected chi connectivity index (χ2v) is 10.8. The predicted molar refractivity (Wildman–Crippen MR) is 146 cm³/mol. The summed E-state index contributed by atoms with van der Waals surface area (Å²) in [6.07, 6.45) is 0. The molecule has 0 unspecified atom stereocenters. The lowest BCUT2D eigenvalue weighted by Gasteiger charge is -2.22. The number of nitrogens with zero attached hydrogens (tertiary/aromatic N) is 2. The highest BCUT2D eigenvalue weighted by molar-refractivity contribution is 7.92. The number of fused-ring (bicyclic) bond motifs is 1. The molecule has 1 aromatic heterocycles. The average molecular weight is 514 g/mol. The number of aromatic nitrogens is 1. The Bertz CT molecular complexity index is 1620. The number of carbonyl (C=O) groups excluding carboxylic acids is 1. The fourth-order valence-electron chi connectivity index (χ4n) is 4.06. The molecular formula is C28H23N3O3S2. The Morgan fingerprint density at radius 3 is 2.33 bits per heavy atom. The molecule has 0 aliphatic rings. The molecule has 5 rings (SSSR count). The molecule has 36 heavy (non-hydrogen) atoms. The van der Waals surface area contributed by atoms with Crippen LogP contribution in [0.15, 0.2) is 107 Å². The van der Waals surface area contributed by atoms with Gasteiger partial charge in [-0.1, -0.05) is 60.7 Å². The topological polar surface area (TPSA) is 79.4 Å². The lowest BCUT2D eigenvalue weighted by molar-refractivity contribution is 0.102. The highest BCUT2D eigenvalue weighted by Crippen LogP contribution is 2.31. The van der Waals surface area contributed by atoms with Crippen LogP contribution in [0, 0.1) is 0 Å². The number of thiazole rings is 1. The Kier molecular flexibility index (Phi) is 6.54. The van der Waals surface area contributed by atoms with E-state index in [0.717, 1.165) is 22.0 Å². The second kappa shape index (κ2) is 9.93. The van der Waals surface area contributed by atoms with Gasteiger partial charge in [0.05, 0.1) is 16.3 Å². The standard InChI is InChI=1S/C28H23N3O3S2/c1-2-31(22-11-4-3-5-12-22)36(33,34)23-17-15-21(16-18-23)27(32)30-28-29-26(19-35-28)25-14-8-10-20-9-6-7-13-24(20)25/h3-19H,2H2,1H3,(H,29,30,32). The molecule has 5 aromatic rings. The third-order valence-electron chi connectivity index (χ3n) is 5.83. The van der Waals surface area contributed by atoms with Crippen molar-refractivity contribution in [3.05, 3.63) is 108 Å². The molecule has 0 atom stereocenters. The first-order valence-corrected chi connectivity index (χ1v) is 13.7. The Hall–Kier alpha value is -4.01. The average Bonchev–Trinajstić information content (AvgIpc) is 3.37. The van der Waals surface area contributed by atoms with Gasteiger partial charge < -0.3 is 0 Å². The van der Waals surface area contributed by atoms with E-state index >= 15 is 0 Å². The zero-order valence-electron chi connectivity index (χ0n) is 19.5. The highest BCUT2D eigenvalue weighted by Gasteiger charge is 2.24. The van der Waals surface area contributed by atoms with Crippen LogP contribution >= 0.6 is 11.3 Å². The van der Waals surface area contributed by atoms with E-state index in [1.807, 2.05) is 35.7 Å². The van der Waals surface area contributed by atoms with Gasteiger partial charge in [-0.2, -0.15) is 0 Å². The minimum absolute atomic E-state index is 0.122. The van der Waals surface area contributed by atoms with Gasteiger partial charge in [0.15, 0.2) is 5.13 Å². The van der Waals surface area contributed by atoms with E-state index in [1.165, 1.54) is 39.9 Å². The molecule has 0 aliphatic heterocycles. The van der Waals surface area contributed by atoms with Gasteiger partial charge in [0.25, 0.3) is 15.9 Å². The van der Waals surface area contributed by atoms with Crippen LogP contribution in [0.2, 0.25) is 0 Å². The first kappa shape index (κ1) is 23.7. The first-order chi connectivity index (χ1) is 17.5. The van der Waals surface area contributed by atoms with Gasteiger partial charge >= 0.3 is 0 Å².